The van der Waals surface area contributed by atoms with Crippen molar-refractivity contribution < 1.29 is 0 Å². The van der Waals surface area contributed by atoms with Crippen molar-refractivity contribution in [3.8, 4) is 0 Å². The van der Waals surface area contributed by atoms with Crippen molar-refractivity contribution >= 4 is 11.5 Å². The van der Waals surface area contributed by atoms with Gasteiger partial charge in [0.2, 0.25) is 0 Å². The number of nitrogens with zero attached hydrogens (tertiary/aromatic N) is 4. The zero-order chi connectivity index (χ0) is 13.7. The third kappa shape index (κ3) is 3.61. The molecular weight excluding hydrogens is 258 g/mol. The summed E-state index contributed by atoms with van der Waals surface area (Å²) in [4.78, 5) is 1.26. The molecule has 2 rings (SSSR count). The average Bonchev–Trinajstić information content (AvgIpc) is 3.03. The van der Waals surface area contributed by atoms with Crippen LogP contribution in [0.15, 0.2) is 12.4 Å². The Kier molecular flexibility index (Phi) is 5.04. The summed E-state index contributed by atoms with van der Waals surface area (Å²) in [7, 11) is 1.95. The lowest BCUT2D eigenvalue weighted by Gasteiger charge is -2.16. The van der Waals surface area contributed by atoms with Gasteiger partial charge in [0.25, 0.3) is 0 Å². The van der Waals surface area contributed by atoms with Crippen LogP contribution in [-0.4, -0.2) is 25.9 Å². The van der Waals surface area contributed by atoms with Crippen molar-refractivity contribution in [2.24, 2.45) is 7.05 Å². The second-order valence-electron chi connectivity index (χ2n) is 4.67. The molecule has 2 heterocycles. The molecule has 0 aromatic carbocycles. The summed E-state index contributed by atoms with van der Waals surface area (Å²) in [6.45, 7) is 5.31. The minimum atomic E-state index is 0.291. The van der Waals surface area contributed by atoms with E-state index >= 15 is 0 Å². The Morgan fingerprint density at radius 1 is 1.42 bits per heavy atom. The van der Waals surface area contributed by atoms with Gasteiger partial charge in [-0.25, -0.2) is 0 Å². The van der Waals surface area contributed by atoms with Crippen molar-refractivity contribution in [3.05, 3.63) is 28.5 Å². The molecule has 0 aliphatic heterocycles. The van der Waals surface area contributed by atoms with Gasteiger partial charge >= 0.3 is 0 Å². The molecular formula is C13H21N5S. The minimum Gasteiger partial charge on any atom is -0.309 e. The zero-order valence-corrected chi connectivity index (χ0v) is 12.6. The topological polar surface area (TPSA) is 55.6 Å². The quantitative estimate of drug-likeness (QED) is 0.843. The van der Waals surface area contributed by atoms with Gasteiger partial charge in [-0.3, -0.25) is 4.68 Å². The summed E-state index contributed by atoms with van der Waals surface area (Å²) in [5.41, 5.74) is 2.36. The fourth-order valence-electron chi connectivity index (χ4n) is 2.11. The number of aromatic nitrogens is 4. The third-order valence-electron chi connectivity index (χ3n) is 3.08. The van der Waals surface area contributed by atoms with Crippen LogP contribution in [0.1, 0.15) is 42.4 Å². The van der Waals surface area contributed by atoms with E-state index in [0.29, 0.717) is 6.04 Å². The highest BCUT2D eigenvalue weighted by Crippen LogP contribution is 2.24. The van der Waals surface area contributed by atoms with Gasteiger partial charge in [0.15, 0.2) is 0 Å². The molecule has 19 heavy (non-hydrogen) atoms. The Bertz CT molecular complexity index is 505. The van der Waals surface area contributed by atoms with Gasteiger partial charge in [-0.15, -0.1) is 5.10 Å². The normalized spacial score (nSPS) is 12.8. The van der Waals surface area contributed by atoms with Crippen molar-refractivity contribution in [1.82, 2.24) is 24.7 Å². The molecule has 0 spiro atoms. The molecule has 0 aliphatic rings. The smallest absolute Gasteiger partial charge is 0.0801 e. The van der Waals surface area contributed by atoms with E-state index < -0.39 is 0 Å². The first-order valence-electron chi connectivity index (χ1n) is 6.76. The van der Waals surface area contributed by atoms with Crippen molar-refractivity contribution in [1.29, 1.82) is 0 Å². The van der Waals surface area contributed by atoms with E-state index in [1.807, 2.05) is 17.9 Å². The van der Waals surface area contributed by atoms with Crippen molar-refractivity contribution in [3.63, 3.8) is 0 Å². The molecule has 6 heteroatoms. The standard InChI is InChI=1S/C13H21N5S/c1-4-6-14-12(7-10-8-15-18(3)9-10)13-11(5-2)16-17-19-13/h8-9,12,14H,4-7H2,1-3H3. The van der Waals surface area contributed by atoms with Gasteiger partial charge in [0, 0.05) is 19.3 Å². The number of hydrogen-bond acceptors (Lipinski definition) is 5. The monoisotopic (exact) mass is 279 g/mol. The molecule has 0 radical (unpaired) electrons. The third-order valence-corrected chi connectivity index (χ3v) is 3.96. The minimum absolute atomic E-state index is 0.291. The van der Waals surface area contributed by atoms with Gasteiger partial charge in [0.05, 0.1) is 16.8 Å². The Labute approximate surface area is 118 Å². The van der Waals surface area contributed by atoms with E-state index in [-0.39, 0.29) is 0 Å². The summed E-state index contributed by atoms with van der Waals surface area (Å²) in [5, 5.41) is 12.1. The molecule has 1 N–H and O–H groups in total. The molecule has 0 saturated heterocycles. The highest BCUT2D eigenvalue weighted by atomic mass is 32.1. The Balaban J connectivity index is 2.15. The number of rotatable bonds is 7. The Morgan fingerprint density at radius 2 is 2.26 bits per heavy atom. The highest BCUT2D eigenvalue weighted by molar-refractivity contribution is 7.05. The van der Waals surface area contributed by atoms with Crippen LogP contribution in [0.25, 0.3) is 0 Å². The maximum absolute atomic E-state index is 4.23. The summed E-state index contributed by atoms with van der Waals surface area (Å²) in [6, 6.07) is 0.291. The number of hydrogen-bond donors (Lipinski definition) is 1. The van der Waals surface area contributed by atoms with Crippen LogP contribution >= 0.6 is 11.5 Å². The molecule has 1 unspecified atom stereocenters. The number of aryl methyl sites for hydroxylation is 2. The van der Waals surface area contributed by atoms with Crippen LogP contribution in [0.2, 0.25) is 0 Å². The maximum Gasteiger partial charge on any atom is 0.0801 e. The van der Waals surface area contributed by atoms with E-state index in [1.165, 1.54) is 22.0 Å². The van der Waals surface area contributed by atoms with E-state index in [1.54, 1.807) is 0 Å². The van der Waals surface area contributed by atoms with Crippen LogP contribution in [0.5, 0.6) is 0 Å². The molecule has 2 aromatic rings. The average molecular weight is 279 g/mol. The molecule has 0 aliphatic carbocycles. The Hall–Kier alpha value is -1.27. The van der Waals surface area contributed by atoms with Gasteiger partial charge in [-0.05, 0) is 42.9 Å². The molecule has 2 aromatic heterocycles. The van der Waals surface area contributed by atoms with Crippen molar-refractivity contribution in [2.45, 2.75) is 39.2 Å². The van der Waals surface area contributed by atoms with Crippen LogP contribution in [-0.2, 0) is 19.9 Å². The molecule has 0 bridgehead atoms. The molecule has 0 fully saturated rings. The van der Waals surface area contributed by atoms with Gasteiger partial charge in [-0.1, -0.05) is 18.3 Å². The van der Waals surface area contributed by atoms with E-state index in [0.717, 1.165) is 31.5 Å². The Morgan fingerprint density at radius 3 is 2.89 bits per heavy atom. The van der Waals surface area contributed by atoms with Crippen LogP contribution in [0.3, 0.4) is 0 Å². The SMILES string of the molecule is CCCNC(Cc1cnn(C)c1)c1snnc1CC. The van der Waals surface area contributed by atoms with Gasteiger partial charge < -0.3 is 5.32 Å². The largest absolute Gasteiger partial charge is 0.309 e. The van der Waals surface area contributed by atoms with Crippen LogP contribution in [0.4, 0.5) is 0 Å². The number of nitrogens with one attached hydrogen (secondary N) is 1. The molecule has 104 valence electrons. The maximum atomic E-state index is 4.23. The summed E-state index contributed by atoms with van der Waals surface area (Å²) in [5.74, 6) is 0. The van der Waals surface area contributed by atoms with Gasteiger partial charge in [-0.2, -0.15) is 5.10 Å². The fraction of sp³-hybridized carbons (Fsp3) is 0.615. The zero-order valence-electron chi connectivity index (χ0n) is 11.8. The van der Waals surface area contributed by atoms with E-state index in [4.69, 9.17) is 0 Å². The lowest BCUT2D eigenvalue weighted by molar-refractivity contribution is 0.532. The van der Waals surface area contributed by atoms with Crippen LogP contribution in [0, 0.1) is 0 Å². The fourth-order valence-corrected chi connectivity index (χ4v) is 2.93. The van der Waals surface area contributed by atoms with Crippen LogP contribution < -0.4 is 5.32 Å². The second kappa shape index (κ2) is 6.77. The summed E-state index contributed by atoms with van der Waals surface area (Å²) < 4.78 is 5.94. The van der Waals surface area contributed by atoms with E-state index in [2.05, 4.69) is 40.0 Å². The highest BCUT2D eigenvalue weighted by Gasteiger charge is 2.19. The molecule has 0 saturated carbocycles. The summed E-state index contributed by atoms with van der Waals surface area (Å²) >= 11 is 1.51. The molecule has 1 atom stereocenters. The predicted octanol–water partition coefficient (Wildman–Crippen LogP) is 2.12. The lowest BCUT2D eigenvalue weighted by atomic mass is 10.1. The summed E-state index contributed by atoms with van der Waals surface area (Å²) in [6.07, 6.45) is 6.99. The molecule has 5 nitrogen and oxygen atoms in total. The van der Waals surface area contributed by atoms with Crippen molar-refractivity contribution in [2.75, 3.05) is 6.54 Å². The predicted molar refractivity (Wildman–Crippen MR) is 77.2 cm³/mol. The second-order valence-corrected chi connectivity index (χ2v) is 5.46. The first-order chi connectivity index (χ1) is 9.24. The first kappa shape index (κ1) is 14.1. The molecule has 0 amide bonds. The van der Waals surface area contributed by atoms with Gasteiger partial charge in [0.1, 0.15) is 0 Å². The lowest BCUT2D eigenvalue weighted by Crippen LogP contribution is -2.24. The van der Waals surface area contributed by atoms with E-state index in [9.17, 15) is 0 Å². The first-order valence-corrected chi connectivity index (χ1v) is 7.54.